The average Bonchev–Trinajstić information content (AvgIpc) is 3.12. The molecule has 2 atom stereocenters. The Balaban J connectivity index is 2.07. The summed E-state index contributed by atoms with van der Waals surface area (Å²) in [6.07, 6.45) is 0.943. The van der Waals surface area contributed by atoms with Gasteiger partial charge in [0.25, 0.3) is 5.91 Å². The number of hydrogen-bond acceptors (Lipinski definition) is 3. The maximum absolute atomic E-state index is 11.9. The number of hydrogen-bond donors (Lipinski definition) is 2. The van der Waals surface area contributed by atoms with Crippen LogP contribution in [-0.2, 0) is 4.79 Å². The lowest BCUT2D eigenvalue weighted by Gasteiger charge is -2.18. The fourth-order valence-corrected chi connectivity index (χ4v) is 1.88. The van der Waals surface area contributed by atoms with E-state index in [1.165, 1.54) is 0 Å². The molecule has 0 bridgehead atoms. The van der Waals surface area contributed by atoms with Crippen molar-refractivity contribution in [3.63, 3.8) is 0 Å². The summed E-state index contributed by atoms with van der Waals surface area (Å²) in [4.78, 5) is 11.9. The molecule has 1 fully saturated rings. The second-order valence-corrected chi connectivity index (χ2v) is 5.26. The molecule has 0 heterocycles. The van der Waals surface area contributed by atoms with E-state index in [1.807, 2.05) is 25.1 Å². The molecule has 0 radical (unpaired) electrons. The second-order valence-electron chi connectivity index (χ2n) is 5.26. The van der Waals surface area contributed by atoms with Crippen LogP contribution in [0.1, 0.15) is 43.9 Å². The summed E-state index contributed by atoms with van der Waals surface area (Å²) >= 11 is 0. The van der Waals surface area contributed by atoms with Crippen molar-refractivity contribution < 1.29 is 14.6 Å². The predicted octanol–water partition coefficient (Wildman–Crippen LogP) is 2.09. The zero-order valence-electron chi connectivity index (χ0n) is 11.6. The third-order valence-corrected chi connectivity index (χ3v) is 3.22. The van der Waals surface area contributed by atoms with Gasteiger partial charge in [-0.15, -0.1) is 0 Å². The van der Waals surface area contributed by atoms with Gasteiger partial charge in [0, 0.05) is 11.6 Å². The number of rotatable bonds is 5. The van der Waals surface area contributed by atoms with Crippen molar-refractivity contribution in [2.24, 2.45) is 0 Å². The lowest BCUT2D eigenvalue weighted by atomic mass is 10.1. The zero-order valence-corrected chi connectivity index (χ0v) is 11.6. The van der Waals surface area contributed by atoms with Gasteiger partial charge in [-0.1, -0.05) is 12.1 Å². The Morgan fingerprint density at radius 3 is 2.68 bits per heavy atom. The van der Waals surface area contributed by atoms with E-state index in [-0.39, 0.29) is 5.91 Å². The first-order chi connectivity index (χ1) is 8.97. The van der Waals surface area contributed by atoms with Gasteiger partial charge in [-0.25, -0.2) is 0 Å². The van der Waals surface area contributed by atoms with Crippen molar-refractivity contribution in [3.8, 4) is 5.75 Å². The molecule has 1 aliphatic carbocycles. The number of carbonyl (C=O) groups is 1. The van der Waals surface area contributed by atoms with E-state index in [0.29, 0.717) is 17.4 Å². The number of ether oxygens (including phenoxy) is 1. The van der Waals surface area contributed by atoms with Crippen LogP contribution in [0.15, 0.2) is 18.2 Å². The van der Waals surface area contributed by atoms with Gasteiger partial charge in [-0.05, 0) is 45.2 Å². The molecule has 19 heavy (non-hydrogen) atoms. The number of carbonyl (C=O) groups excluding carboxylic acids is 1. The van der Waals surface area contributed by atoms with Crippen LogP contribution in [0.4, 0.5) is 0 Å². The number of aliphatic hydroxyl groups excluding tert-OH is 1. The molecule has 1 aliphatic rings. The highest BCUT2D eigenvalue weighted by atomic mass is 16.5. The van der Waals surface area contributed by atoms with Gasteiger partial charge in [0.15, 0.2) is 6.10 Å². The van der Waals surface area contributed by atoms with Crippen molar-refractivity contribution >= 4 is 5.91 Å². The number of amides is 1. The third kappa shape index (κ3) is 3.70. The first-order valence-electron chi connectivity index (χ1n) is 6.73. The molecule has 0 aromatic heterocycles. The van der Waals surface area contributed by atoms with Crippen LogP contribution in [0.2, 0.25) is 0 Å². The molecule has 0 spiro atoms. The van der Waals surface area contributed by atoms with Crippen molar-refractivity contribution in [2.45, 2.75) is 51.9 Å². The molecular weight excluding hydrogens is 242 g/mol. The Kier molecular flexibility index (Phi) is 4.10. The Labute approximate surface area is 113 Å². The second kappa shape index (κ2) is 5.61. The maximum Gasteiger partial charge on any atom is 0.260 e. The summed E-state index contributed by atoms with van der Waals surface area (Å²) in [6, 6.07) is 5.93. The van der Waals surface area contributed by atoms with E-state index in [1.54, 1.807) is 13.8 Å². The first kappa shape index (κ1) is 13.9. The fourth-order valence-electron chi connectivity index (χ4n) is 1.88. The van der Waals surface area contributed by atoms with E-state index in [9.17, 15) is 9.90 Å². The maximum atomic E-state index is 11.9. The van der Waals surface area contributed by atoms with Gasteiger partial charge in [0.1, 0.15) is 5.75 Å². The monoisotopic (exact) mass is 263 g/mol. The Bertz CT molecular complexity index is 466. The van der Waals surface area contributed by atoms with Crippen LogP contribution in [0.5, 0.6) is 5.75 Å². The lowest BCUT2D eigenvalue weighted by molar-refractivity contribution is -0.127. The van der Waals surface area contributed by atoms with Gasteiger partial charge in [0.2, 0.25) is 0 Å². The molecule has 1 amide bonds. The predicted molar refractivity (Wildman–Crippen MR) is 73.1 cm³/mol. The summed E-state index contributed by atoms with van der Waals surface area (Å²) in [5, 5.41) is 12.6. The normalized spacial score (nSPS) is 17.7. The Morgan fingerprint density at radius 2 is 2.11 bits per heavy atom. The summed E-state index contributed by atoms with van der Waals surface area (Å²) in [5.74, 6) is 0.481. The quantitative estimate of drug-likeness (QED) is 0.855. The summed E-state index contributed by atoms with van der Waals surface area (Å²) in [6.45, 7) is 5.37. The molecule has 1 unspecified atom stereocenters. The molecule has 2 rings (SSSR count). The highest BCUT2D eigenvalue weighted by Gasteiger charge is 2.26. The Hall–Kier alpha value is -1.55. The highest BCUT2D eigenvalue weighted by molar-refractivity contribution is 5.81. The minimum Gasteiger partial charge on any atom is -0.481 e. The third-order valence-electron chi connectivity index (χ3n) is 3.22. The number of aryl methyl sites for hydroxylation is 1. The van der Waals surface area contributed by atoms with Crippen molar-refractivity contribution in [3.05, 3.63) is 29.3 Å². The van der Waals surface area contributed by atoms with Gasteiger partial charge in [-0.3, -0.25) is 4.79 Å². The van der Waals surface area contributed by atoms with E-state index < -0.39 is 12.2 Å². The molecule has 4 nitrogen and oxygen atoms in total. The average molecular weight is 263 g/mol. The van der Waals surface area contributed by atoms with Crippen LogP contribution in [0.3, 0.4) is 0 Å². The van der Waals surface area contributed by atoms with Gasteiger partial charge in [-0.2, -0.15) is 0 Å². The molecule has 1 aromatic carbocycles. The summed E-state index contributed by atoms with van der Waals surface area (Å²) < 4.78 is 5.71. The van der Waals surface area contributed by atoms with Crippen molar-refractivity contribution in [1.29, 1.82) is 0 Å². The fraction of sp³-hybridized carbons (Fsp3) is 0.533. The summed E-state index contributed by atoms with van der Waals surface area (Å²) in [7, 11) is 0. The topological polar surface area (TPSA) is 58.6 Å². The van der Waals surface area contributed by atoms with E-state index >= 15 is 0 Å². The molecule has 4 heteroatoms. The van der Waals surface area contributed by atoms with E-state index in [0.717, 1.165) is 18.4 Å². The Morgan fingerprint density at radius 1 is 1.42 bits per heavy atom. The molecule has 1 aromatic rings. The number of nitrogens with one attached hydrogen (secondary N) is 1. The van der Waals surface area contributed by atoms with Crippen LogP contribution in [0.25, 0.3) is 0 Å². The van der Waals surface area contributed by atoms with E-state index in [2.05, 4.69) is 5.32 Å². The van der Waals surface area contributed by atoms with Crippen LogP contribution >= 0.6 is 0 Å². The molecule has 2 N–H and O–H groups in total. The van der Waals surface area contributed by atoms with Crippen molar-refractivity contribution in [1.82, 2.24) is 5.32 Å². The smallest absolute Gasteiger partial charge is 0.260 e. The molecule has 1 saturated carbocycles. The number of aliphatic hydroxyl groups is 1. The van der Waals surface area contributed by atoms with Crippen molar-refractivity contribution in [2.75, 3.05) is 0 Å². The molecular formula is C15H21NO3. The number of benzene rings is 1. The zero-order chi connectivity index (χ0) is 14.0. The van der Waals surface area contributed by atoms with Crippen LogP contribution in [-0.4, -0.2) is 23.2 Å². The van der Waals surface area contributed by atoms with Gasteiger partial charge in [0.05, 0.1) is 6.10 Å². The highest BCUT2D eigenvalue weighted by Crippen LogP contribution is 2.27. The minimum absolute atomic E-state index is 0.0967. The standard InChI is InChI=1S/C15H21NO3/c1-9-4-7-13(10(2)17)14(8-9)19-11(3)15(18)16-12-5-6-12/h4,7-8,10-12,17H,5-6H2,1-3H3,(H,16,18)/t10-,11?/m1/s1. The summed E-state index contributed by atoms with van der Waals surface area (Å²) in [5.41, 5.74) is 1.74. The van der Waals surface area contributed by atoms with Gasteiger partial charge >= 0.3 is 0 Å². The lowest BCUT2D eigenvalue weighted by Crippen LogP contribution is -2.37. The van der Waals surface area contributed by atoms with E-state index in [4.69, 9.17) is 4.74 Å². The molecule has 0 saturated heterocycles. The first-order valence-corrected chi connectivity index (χ1v) is 6.73. The van der Waals surface area contributed by atoms with Gasteiger partial charge < -0.3 is 15.2 Å². The van der Waals surface area contributed by atoms with Crippen LogP contribution in [0, 0.1) is 6.92 Å². The molecule has 0 aliphatic heterocycles. The minimum atomic E-state index is -0.616. The SMILES string of the molecule is Cc1ccc([C@@H](C)O)c(OC(C)C(=O)NC2CC2)c1. The van der Waals surface area contributed by atoms with Crippen LogP contribution < -0.4 is 10.1 Å². The largest absolute Gasteiger partial charge is 0.481 e. The molecule has 104 valence electrons.